The molecule has 0 aliphatic carbocycles. The Hall–Kier alpha value is 0.0100. The van der Waals surface area contributed by atoms with Crippen LogP contribution in [-0.2, 0) is 4.84 Å². The molecule has 1 aliphatic rings. The van der Waals surface area contributed by atoms with Crippen LogP contribution in [-0.4, -0.2) is 6.61 Å². The Bertz CT molecular complexity index is 55.8. The zero-order valence-electron chi connectivity index (χ0n) is 3.10. The van der Waals surface area contributed by atoms with Crippen LogP contribution in [0.3, 0.4) is 0 Å². The van der Waals surface area contributed by atoms with Gasteiger partial charge in [0.25, 0.3) is 0 Å². The molecule has 0 aromatic rings. The van der Waals surface area contributed by atoms with Crippen LogP contribution in [0.2, 0.25) is 0 Å². The largest absolute Gasteiger partial charge is 0.287 e. The summed E-state index contributed by atoms with van der Waals surface area (Å²) in [6.45, 7) is 0.632. The molecule has 3 heteroatoms. The van der Waals surface area contributed by atoms with Crippen molar-refractivity contribution in [1.29, 1.82) is 0 Å². The van der Waals surface area contributed by atoms with Crippen LogP contribution in [0.5, 0.6) is 0 Å². The Balaban J connectivity index is 2.26. The highest BCUT2D eigenvalue weighted by atomic mass is 32.2. The van der Waals surface area contributed by atoms with Crippen molar-refractivity contribution in [2.45, 2.75) is 0 Å². The zero-order chi connectivity index (χ0) is 4.24. The smallest absolute Gasteiger partial charge is 0.0889 e. The van der Waals surface area contributed by atoms with Gasteiger partial charge < -0.3 is 0 Å². The van der Waals surface area contributed by atoms with E-state index in [1.165, 1.54) is 11.9 Å². The van der Waals surface area contributed by atoms with Gasteiger partial charge in [-0.15, -0.1) is 4.89 Å². The number of hydrogen-bond acceptors (Lipinski definition) is 3. The maximum atomic E-state index is 4.66. The summed E-state index contributed by atoms with van der Waals surface area (Å²) >= 11 is 1.32. The monoisotopic (exact) mass is 102 g/mol. The molecule has 0 bridgehead atoms. The molecule has 0 amide bonds. The third-order valence-corrected chi connectivity index (χ3v) is 0.895. The summed E-state index contributed by atoms with van der Waals surface area (Å²) in [7, 11) is 0. The highest BCUT2D eigenvalue weighted by Gasteiger charge is 1.85. The minimum atomic E-state index is 0.632. The van der Waals surface area contributed by atoms with Gasteiger partial charge >= 0.3 is 0 Å². The second kappa shape index (κ2) is 2.23. The van der Waals surface area contributed by atoms with Gasteiger partial charge in [0.15, 0.2) is 0 Å². The van der Waals surface area contributed by atoms with Gasteiger partial charge in [0.1, 0.15) is 0 Å². The molecule has 0 aromatic carbocycles. The second-order valence-electron chi connectivity index (χ2n) is 0.818. The summed E-state index contributed by atoms with van der Waals surface area (Å²) in [6.07, 6.45) is 1.82. The van der Waals surface area contributed by atoms with Crippen LogP contribution in [0.15, 0.2) is 6.08 Å². The van der Waals surface area contributed by atoms with Gasteiger partial charge in [-0.25, -0.2) is 0 Å². The molecule has 33 valence electrons. The highest BCUT2D eigenvalue weighted by molar-refractivity contribution is 7.98. The van der Waals surface area contributed by atoms with Crippen molar-refractivity contribution >= 4 is 11.9 Å². The van der Waals surface area contributed by atoms with Gasteiger partial charge in [0.05, 0.1) is 6.61 Å². The van der Waals surface area contributed by atoms with E-state index in [-0.39, 0.29) is 0 Å². The number of rotatable bonds is 0. The Morgan fingerprint density at radius 1 is 2.00 bits per heavy atom. The lowest BCUT2D eigenvalue weighted by Gasteiger charge is -2.00. The lowest BCUT2D eigenvalue weighted by Crippen LogP contribution is -2.06. The summed E-state index contributed by atoms with van der Waals surface area (Å²) in [5, 5.41) is 2.84. The van der Waals surface area contributed by atoms with Gasteiger partial charge in [0.2, 0.25) is 0 Å². The summed E-state index contributed by atoms with van der Waals surface area (Å²) in [5.41, 5.74) is 0. The zero-order valence-corrected chi connectivity index (χ0v) is 3.92. The van der Waals surface area contributed by atoms with Crippen LogP contribution >= 0.6 is 11.9 Å². The molecule has 1 aliphatic heterocycles. The Kier molecular flexibility index (Phi) is 1.55. The van der Waals surface area contributed by atoms with Gasteiger partial charge in [-0.2, -0.15) is 0 Å². The molecule has 0 aromatic heterocycles. The van der Waals surface area contributed by atoms with Crippen molar-refractivity contribution in [2.75, 3.05) is 6.61 Å². The molecule has 1 radical (unpaired) electrons. The molecule has 0 saturated carbocycles. The fraction of sp³-hybridized carbons (Fsp3) is 0.333. The van der Waals surface area contributed by atoms with E-state index in [0.29, 0.717) is 6.61 Å². The molecule has 0 spiro atoms. The number of nitrogens with one attached hydrogen (secondary N) is 1. The average Bonchev–Trinajstić information content (AvgIpc) is 1.72. The standard InChI is InChI=1S/C3H4NOS/c1-2-5-4-6-3-1/h1,4H,2H2. The van der Waals surface area contributed by atoms with E-state index >= 15 is 0 Å². The van der Waals surface area contributed by atoms with Crippen molar-refractivity contribution in [2.24, 2.45) is 0 Å². The van der Waals surface area contributed by atoms with Crippen molar-refractivity contribution in [1.82, 2.24) is 4.89 Å². The van der Waals surface area contributed by atoms with E-state index in [1.807, 2.05) is 6.08 Å². The van der Waals surface area contributed by atoms with Crippen LogP contribution in [0, 0.1) is 5.41 Å². The first-order valence-corrected chi connectivity index (χ1v) is 2.41. The molecule has 0 saturated heterocycles. The fourth-order valence-corrected chi connectivity index (χ4v) is 0.531. The fourth-order valence-electron chi connectivity index (χ4n) is 0.205. The summed E-state index contributed by atoms with van der Waals surface area (Å²) in [6, 6.07) is 0. The van der Waals surface area contributed by atoms with Crippen molar-refractivity contribution < 1.29 is 4.84 Å². The molecule has 1 N–H and O–H groups in total. The topological polar surface area (TPSA) is 21.3 Å². The molecule has 0 unspecified atom stereocenters. The van der Waals surface area contributed by atoms with E-state index < -0.39 is 0 Å². The van der Waals surface area contributed by atoms with Crippen LogP contribution in [0.25, 0.3) is 0 Å². The molecular weight excluding hydrogens is 98.1 g/mol. The molecule has 1 heterocycles. The first-order chi connectivity index (χ1) is 3.00. The van der Waals surface area contributed by atoms with Crippen LogP contribution < -0.4 is 4.89 Å². The SMILES string of the molecule is [C]1=CCONS1. The van der Waals surface area contributed by atoms with Gasteiger partial charge in [-0.05, 0) is 18.0 Å². The van der Waals surface area contributed by atoms with E-state index in [4.69, 9.17) is 0 Å². The molecular formula is C3H4NOS. The number of hydrogen-bond donors (Lipinski definition) is 1. The molecule has 1 rings (SSSR count). The quantitative estimate of drug-likeness (QED) is 0.450. The average molecular weight is 102 g/mol. The Morgan fingerprint density at radius 3 is 3.17 bits per heavy atom. The van der Waals surface area contributed by atoms with E-state index in [9.17, 15) is 0 Å². The third kappa shape index (κ3) is 1.01. The lowest BCUT2D eigenvalue weighted by atomic mass is 10.7. The summed E-state index contributed by atoms with van der Waals surface area (Å²) in [5.74, 6) is 0. The van der Waals surface area contributed by atoms with Crippen molar-refractivity contribution in [3.63, 3.8) is 0 Å². The third-order valence-electron chi connectivity index (χ3n) is 0.410. The minimum Gasteiger partial charge on any atom is -0.287 e. The Morgan fingerprint density at radius 2 is 3.00 bits per heavy atom. The molecule has 6 heavy (non-hydrogen) atoms. The van der Waals surface area contributed by atoms with Crippen molar-refractivity contribution in [3.8, 4) is 0 Å². The maximum Gasteiger partial charge on any atom is 0.0889 e. The van der Waals surface area contributed by atoms with Crippen molar-refractivity contribution in [3.05, 3.63) is 11.5 Å². The normalized spacial score (nSPS) is 21.3. The summed E-state index contributed by atoms with van der Waals surface area (Å²) in [4.78, 5) is 7.22. The lowest BCUT2D eigenvalue weighted by molar-refractivity contribution is 0.125. The molecule has 2 nitrogen and oxygen atoms in total. The molecule has 0 atom stereocenters. The van der Waals surface area contributed by atoms with Gasteiger partial charge in [-0.1, -0.05) is 0 Å². The first kappa shape index (κ1) is 4.18. The Labute approximate surface area is 40.6 Å². The van der Waals surface area contributed by atoms with Crippen LogP contribution in [0.1, 0.15) is 0 Å². The van der Waals surface area contributed by atoms with Gasteiger partial charge in [-0.3, -0.25) is 4.84 Å². The van der Waals surface area contributed by atoms with E-state index in [2.05, 4.69) is 15.1 Å². The first-order valence-electron chi connectivity index (χ1n) is 1.60. The van der Waals surface area contributed by atoms with E-state index in [1.54, 1.807) is 0 Å². The second-order valence-corrected chi connectivity index (χ2v) is 1.42. The molecule has 0 fully saturated rings. The summed E-state index contributed by atoms with van der Waals surface area (Å²) < 4.78 is 0. The van der Waals surface area contributed by atoms with Crippen LogP contribution in [0.4, 0.5) is 0 Å². The van der Waals surface area contributed by atoms with Gasteiger partial charge in [0, 0.05) is 5.41 Å². The predicted octanol–water partition coefficient (Wildman–Crippen LogP) is 0.486. The predicted molar refractivity (Wildman–Crippen MR) is 24.5 cm³/mol. The minimum absolute atomic E-state index is 0.632. The van der Waals surface area contributed by atoms with E-state index in [0.717, 1.165) is 0 Å². The maximum absolute atomic E-state index is 4.66. The highest BCUT2D eigenvalue weighted by Crippen LogP contribution is 1.97.